The number of aliphatic hydroxyl groups is 1. The van der Waals surface area contributed by atoms with E-state index in [2.05, 4.69) is 66.6 Å². The van der Waals surface area contributed by atoms with Gasteiger partial charge in [-0.25, -0.2) is 0 Å². The molecular formula is C21H36N4O. The maximum absolute atomic E-state index is 10.0. The van der Waals surface area contributed by atoms with Crippen molar-refractivity contribution >= 4 is 5.96 Å². The first-order chi connectivity index (χ1) is 12.7. The van der Waals surface area contributed by atoms with E-state index in [0.29, 0.717) is 12.5 Å². The SMILES string of the molecule is CCNC(=NCC(c1ccccc1)N(CC)CC)NCC1CCCC1O. The predicted octanol–water partition coefficient (Wildman–Crippen LogP) is 2.79. The fraction of sp³-hybridized carbons (Fsp3) is 0.667. The number of rotatable bonds is 9. The van der Waals surface area contributed by atoms with Crippen LogP contribution in [0.1, 0.15) is 51.6 Å². The van der Waals surface area contributed by atoms with Crippen molar-refractivity contribution in [1.29, 1.82) is 0 Å². The molecule has 1 aromatic rings. The molecule has 3 unspecified atom stereocenters. The second kappa shape index (κ2) is 11.2. The van der Waals surface area contributed by atoms with Gasteiger partial charge in [0.1, 0.15) is 0 Å². The summed E-state index contributed by atoms with van der Waals surface area (Å²) < 4.78 is 0. The van der Waals surface area contributed by atoms with E-state index < -0.39 is 0 Å². The summed E-state index contributed by atoms with van der Waals surface area (Å²) >= 11 is 0. The number of nitrogens with zero attached hydrogens (tertiary/aromatic N) is 2. The van der Waals surface area contributed by atoms with Crippen molar-refractivity contribution in [2.45, 2.75) is 52.2 Å². The summed E-state index contributed by atoms with van der Waals surface area (Å²) in [4.78, 5) is 7.31. The average Bonchev–Trinajstić information content (AvgIpc) is 3.08. The van der Waals surface area contributed by atoms with E-state index in [1.165, 1.54) is 5.56 Å². The molecule has 0 heterocycles. The van der Waals surface area contributed by atoms with Crippen molar-refractivity contribution in [2.75, 3.05) is 32.7 Å². The van der Waals surface area contributed by atoms with E-state index >= 15 is 0 Å². The Morgan fingerprint density at radius 3 is 2.46 bits per heavy atom. The molecule has 0 radical (unpaired) electrons. The van der Waals surface area contributed by atoms with Gasteiger partial charge in [-0.3, -0.25) is 9.89 Å². The summed E-state index contributed by atoms with van der Waals surface area (Å²) in [5, 5.41) is 16.8. The van der Waals surface area contributed by atoms with Gasteiger partial charge in [0, 0.05) is 19.0 Å². The van der Waals surface area contributed by atoms with Crippen LogP contribution in [0.4, 0.5) is 0 Å². The van der Waals surface area contributed by atoms with E-state index in [1.54, 1.807) is 0 Å². The van der Waals surface area contributed by atoms with Gasteiger partial charge >= 0.3 is 0 Å². The number of benzene rings is 1. The molecule has 1 aliphatic rings. The van der Waals surface area contributed by atoms with Gasteiger partial charge in [0.15, 0.2) is 5.96 Å². The van der Waals surface area contributed by atoms with Gasteiger partial charge in [0.25, 0.3) is 0 Å². The lowest BCUT2D eigenvalue weighted by Crippen LogP contribution is -2.41. The molecule has 0 amide bonds. The van der Waals surface area contributed by atoms with Gasteiger partial charge in [-0.2, -0.15) is 0 Å². The molecule has 1 aliphatic carbocycles. The lowest BCUT2D eigenvalue weighted by molar-refractivity contribution is 0.134. The third kappa shape index (κ3) is 5.99. The average molecular weight is 361 g/mol. The number of hydrogen-bond donors (Lipinski definition) is 3. The Morgan fingerprint density at radius 1 is 1.15 bits per heavy atom. The van der Waals surface area contributed by atoms with Gasteiger partial charge in [-0.1, -0.05) is 50.6 Å². The van der Waals surface area contributed by atoms with Crippen LogP contribution in [0.3, 0.4) is 0 Å². The van der Waals surface area contributed by atoms with Crippen molar-refractivity contribution in [3.8, 4) is 0 Å². The lowest BCUT2D eigenvalue weighted by atomic mass is 10.1. The number of nitrogens with one attached hydrogen (secondary N) is 2. The number of aliphatic imine (C=N–C) groups is 1. The molecule has 146 valence electrons. The van der Waals surface area contributed by atoms with Crippen LogP contribution in [0.15, 0.2) is 35.3 Å². The summed E-state index contributed by atoms with van der Waals surface area (Å²) in [6.07, 6.45) is 2.98. The Balaban J connectivity index is 2.05. The third-order valence-corrected chi connectivity index (χ3v) is 5.35. The van der Waals surface area contributed by atoms with Crippen molar-refractivity contribution in [3.63, 3.8) is 0 Å². The van der Waals surface area contributed by atoms with Crippen LogP contribution < -0.4 is 10.6 Å². The number of guanidine groups is 1. The second-order valence-corrected chi connectivity index (χ2v) is 7.01. The Kier molecular flexibility index (Phi) is 8.92. The van der Waals surface area contributed by atoms with E-state index in [4.69, 9.17) is 4.99 Å². The predicted molar refractivity (Wildman–Crippen MR) is 109 cm³/mol. The molecule has 5 heteroatoms. The zero-order valence-electron chi connectivity index (χ0n) is 16.6. The van der Waals surface area contributed by atoms with Crippen LogP contribution in [-0.4, -0.2) is 54.8 Å². The highest BCUT2D eigenvalue weighted by atomic mass is 16.3. The monoisotopic (exact) mass is 360 g/mol. The first-order valence-corrected chi connectivity index (χ1v) is 10.2. The summed E-state index contributed by atoms with van der Waals surface area (Å²) in [6.45, 7) is 10.8. The molecule has 0 aliphatic heterocycles. The standard InChI is InChI=1S/C21H36N4O/c1-4-22-21(23-15-18-13-10-14-20(18)26)24-16-19(25(5-2)6-3)17-11-8-7-9-12-17/h7-9,11-12,18-20,26H,4-6,10,13-16H2,1-3H3,(H2,22,23,24). The molecule has 1 saturated carbocycles. The highest BCUT2D eigenvalue weighted by Gasteiger charge is 2.25. The van der Waals surface area contributed by atoms with Crippen LogP contribution in [0.25, 0.3) is 0 Å². The lowest BCUT2D eigenvalue weighted by Gasteiger charge is -2.29. The van der Waals surface area contributed by atoms with Crippen LogP contribution in [-0.2, 0) is 0 Å². The molecule has 1 fully saturated rings. The molecule has 2 rings (SSSR count). The quantitative estimate of drug-likeness (QED) is 0.468. The van der Waals surface area contributed by atoms with Crippen LogP contribution in [0.2, 0.25) is 0 Å². The Morgan fingerprint density at radius 2 is 1.88 bits per heavy atom. The smallest absolute Gasteiger partial charge is 0.191 e. The van der Waals surface area contributed by atoms with Crippen LogP contribution in [0, 0.1) is 5.92 Å². The largest absolute Gasteiger partial charge is 0.393 e. The first kappa shape index (κ1) is 20.7. The van der Waals surface area contributed by atoms with Crippen molar-refractivity contribution in [1.82, 2.24) is 15.5 Å². The zero-order valence-corrected chi connectivity index (χ0v) is 16.6. The van der Waals surface area contributed by atoms with Gasteiger partial charge in [-0.15, -0.1) is 0 Å². The molecule has 3 N–H and O–H groups in total. The fourth-order valence-corrected chi connectivity index (χ4v) is 3.77. The first-order valence-electron chi connectivity index (χ1n) is 10.2. The Bertz CT molecular complexity index is 530. The summed E-state index contributed by atoms with van der Waals surface area (Å²) in [5.74, 6) is 1.19. The van der Waals surface area contributed by atoms with Crippen LogP contribution >= 0.6 is 0 Å². The summed E-state index contributed by atoms with van der Waals surface area (Å²) in [6, 6.07) is 10.9. The highest BCUT2D eigenvalue weighted by molar-refractivity contribution is 5.79. The van der Waals surface area contributed by atoms with E-state index in [9.17, 15) is 5.11 Å². The molecule has 3 atom stereocenters. The Labute approximate surface area is 158 Å². The minimum Gasteiger partial charge on any atom is -0.393 e. The molecule has 1 aromatic carbocycles. The van der Waals surface area contributed by atoms with E-state index in [1.807, 2.05) is 0 Å². The van der Waals surface area contributed by atoms with Gasteiger partial charge in [-0.05, 0) is 38.4 Å². The Hall–Kier alpha value is -1.59. The molecule has 26 heavy (non-hydrogen) atoms. The van der Waals surface area contributed by atoms with E-state index in [-0.39, 0.29) is 12.1 Å². The maximum Gasteiger partial charge on any atom is 0.191 e. The highest BCUT2D eigenvalue weighted by Crippen LogP contribution is 2.24. The van der Waals surface area contributed by atoms with Crippen molar-refractivity contribution < 1.29 is 5.11 Å². The number of aliphatic hydroxyl groups excluding tert-OH is 1. The molecule has 0 saturated heterocycles. The summed E-state index contributed by atoms with van der Waals surface area (Å²) in [7, 11) is 0. The van der Waals surface area contributed by atoms with Crippen molar-refractivity contribution in [3.05, 3.63) is 35.9 Å². The molecular weight excluding hydrogens is 324 g/mol. The van der Waals surface area contributed by atoms with Crippen LogP contribution in [0.5, 0.6) is 0 Å². The second-order valence-electron chi connectivity index (χ2n) is 7.01. The van der Waals surface area contributed by atoms with Gasteiger partial charge in [0.2, 0.25) is 0 Å². The number of hydrogen-bond acceptors (Lipinski definition) is 3. The molecule has 0 spiro atoms. The fourth-order valence-electron chi connectivity index (χ4n) is 3.77. The molecule has 5 nitrogen and oxygen atoms in total. The van der Waals surface area contributed by atoms with Crippen molar-refractivity contribution in [2.24, 2.45) is 10.9 Å². The van der Waals surface area contributed by atoms with Gasteiger partial charge < -0.3 is 15.7 Å². The number of likely N-dealkylation sites (N-methyl/N-ethyl adjacent to an activating group) is 1. The molecule has 0 aromatic heterocycles. The minimum absolute atomic E-state index is 0.168. The van der Waals surface area contributed by atoms with Gasteiger partial charge in [0.05, 0.1) is 18.7 Å². The third-order valence-electron chi connectivity index (χ3n) is 5.35. The summed E-state index contributed by atoms with van der Waals surface area (Å²) in [5.41, 5.74) is 1.31. The molecule has 0 bridgehead atoms. The maximum atomic E-state index is 10.0. The normalized spacial score (nSPS) is 21.8. The topological polar surface area (TPSA) is 59.9 Å². The minimum atomic E-state index is -0.168. The zero-order chi connectivity index (χ0) is 18.8. The van der Waals surface area contributed by atoms with E-state index in [0.717, 1.165) is 51.4 Å².